The normalized spacial score (nSPS) is 30.2. The van der Waals surface area contributed by atoms with Crippen LogP contribution in [-0.4, -0.2) is 76.6 Å². The van der Waals surface area contributed by atoms with E-state index in [2.05, 4.69) is 0 Å². The fourth-order valence-electron chi connectivity index (χ4n) is 4.26. The van der Waals surface area contributed by atoms with Gasteiger partial charge in [-0.25, -0.2) is 0 Å². The lowest BCUT2D eigenvalue weighted by atomic mass is 9.94. The van der Waals surface area contributed by atoms with Crippen molar-refractivity contribution < 1.29 is 43.8 Å². The predicted molar refractivity (Wildman–Crippen MR) is 111 cm³/mol. The number of aliphatic hydroxyl groups is 4. The molecule has 2 aliphatic heterocycles. The van der Waals surface area contributed by atoms with Crippen LogP contribution in [0, 0.1) is 6.92 Å². The molecule has 4 N–H and O–H groups in total. The second kappa shape index (κ2) is 8.29. The van der Waals surface area contributed by atoms with Crippen molar-refractivity contribution in [2.75, 3.05) is 13.7 Å². The number of hydrogen-bond donors (Lipinski definition) is 4. The van der Waals surface area contributed by atoms with Crippen molar-refractivity contribution in [3.05, 3.63) is 33.7 Å². The number of aryl methyl sites for hydroxylation is 1. The summed E-state index contributed by atoms with van der Waals surface area (Å²) in [7, 11) is 1.47. The molecule has 3 heterocycles. The van der Waals surface area contributed by atoms with Gasteiger partial charge in [-0.3, -0.25) is 4.79 Å². The Morgan fingerprint density at radius 3 is 2.53 bits per heavy atom. The Kier molecular flexibility index (Phi) is 5.95. The molecular formula is C22H28O10. The Balaban J connectivity index is 1.62. The Labute approximate surface area is 183 Å². The van der Waals surface area contributed by atoms with Crippen molar-refractivity contribution >= 4 is 11.0 Å². The molecule has 1 aromatic heterocycles. The van der Waals surface area contributed by atoms with Crippen molar-refractivity contribution in [2.24, 2.45) is 0 Å². The first-order valence-electron chi connectivity index (χ1n) is 10.4. The van der Waals surface area contributed by atoms with E-state index in [1.165, 1.54) is 13.2 Å². The fourth-order valence-corrected chi connectivity index (χ4v) is 4.26. The van der Waals surface area contributed by atoms with E-state index in [9.17, 15) is 25.2 Å². The van der Waals surface area contributed by atoms with Crippen molar-refractivity contribution in [1.82, 2.24) is 0 Å². The molecule has 0 aliphatic carbocycles. The van der Waals surface area contributed by atoms with Crippen molar-refractivity contribution in [2.45, 2.75) is 69.6 Å². The molecule has 1 fully saturated rings. The van der Waals surface area contributed by atoms with Crippen molar-refractivity contribution in [3.63, 3.8) is 0 Å². The van der Waals surface area contributed by atoms with Gasteiger partial charge in [-0.15, -0.1) is 0 Å². The van der Waals surface area contributed by atoms with Gasteiger partial charge in [0.1, 0.15) is 64.3 Å². The third-order valence-corrected chi connectivity index (χ3v) is 6.07. The molecule has 2 aliphatic rings. The molecule has 1 aromatic carbocycles. The number of rotatable bonds is 5. The lowest BCUT2D eigenvalue weighted by Crippen LogP contribution is -2.61. The molecule has 10 heteroatoms. The molecule has 10 nitrogen and oxygen atoms in total. The summed E-state index contributed by atoms with van der Waals surface area (Å²) in [5, 5.41) is 40.1. The monoisotopic (exact) mass is 452 g/mol. The fraction of sp³-hybridized carbons (Fsp3) is 0.591. The topological polar surface area (TPSA) is 148 Å². The average molecular weight is 452 g/mol. The Morgan fingerprint density at radius 1 is 1.16 bits per heavy atom. The third kappa shape index (κ3) is 3.76. The van der Waals surface area contributed by atoms with Crippen LogP contribution >= 0.6 is 0 Å². The number of benzene rings is 1. The molecule has 6 atom stereocenters. The van der Waals surface area contributed by atoms with Gasteiger partial charge < -0.3 is 43.8 Å². The summed E-state index contributed by atoms with van der Waals surface area (Å²) in [6, 6.07) is 3.04. The van der Waals surface area contributed by atoms with Crippen LogP contribution in [0.4, 0.5) is 0 Å². The molecule has 0 spiro atoms. The second-order valence-electron chi connectivity index (χ2n) is 8.71. The van der Waals surface area contributed by atoms with E-state index < -0.39 is 49.0 Å². The van der Waals surface area contributed by atoms with Gasteiger partial charge in [-0.05, 0) is 20.8 Å². The third-order valence-electron chi connectivity index (χ3n) is 6.07. The maximum absolute atomic E-state index is 12.6. The highest BCUT2D eigenvalue weighted by Crippen LogP contribution is 2.44. The molecular weight excluding hydrogens is 424 g/mol. The minimum atomic E-state index is -1.55. The largest absolute Gasteiger partial charge is 0.495 e. The predicted octanol–water partition coefficient (Wildman–Crippen LogP) is 0.00862. The van der Waals surface area contributed by atoms with Gasteiger partial charge in [0.05, 0.1) is 13.7 Å². The Morgan fingerprint density at radius 2 is 1.88 bits per heavy atom. The van der Waals surface area contributed by atoms with Crippen LogP contribution in [0.1, 0.15) is 25.2 Å². The first-order valence-corrected chi connectivity index (χ1v) is 10.4. The Bertz CT molecular complexity index is 1060. The van der Waals surface area contributed by atoms with E-state index >= 15 is 0 Å². The lowest BCUT2D eigenvalue weighted by molar-refractivity contribution is -0.329. The van der Waals surface area contributed by atoms with E-state index in [1.54, 1.807) is 26.8 Å². The van der Waals surface area contributed by atoms with Crippen LogP contribution in [0.25, 0.3) is 11.0 Å². The van der Waals surface area contributed by atoms with Gasteiger partial charge in [0.2, 0.25) is 0 Å². The summed E-state index contributed by atoms with van der Waals surface area (Å²) < 4.78 is 28.8. The number of methoxy groups -OCH3 is 1. The van der Waals surface area contributed by atoms with Crippen molar-refractivity contribution in [3.8, 4) is 11.5 Å². The summed E-state index contributed by atoms with van der Waals surface area (Å²) in [5.41, 5.74) is -0.230. The highest BCUT2D eigenvalue weighted by atomic mass is 16.7. The van der Waals surface area contributed by atoms with Crippen molar-refractivity contribution in [1.29, 1.82) is 0 Å². The molecule has 0 bridgehead atoms. The highest BCUT2D eigenvalue weighted by Gasteiger charge is 2.48. The number of aliphatic hydroxyl groups excluding tert-OH is 4. The quantitative estimate of drug-likeness (QED) is 0.489. The zero-order valence-electron chi connectivity index (χ0n) is 18.3. The maximum Gasteiger partial charge on any atom is 0.196 e. The van der Waals surface area contributed by atoms with Crippen LogP contribution in [0.15, 0.2) is 21.3 Å². The molecule has 32 heavy (non-hydrogen) atoms. The molecule has 0 radical (unpaired) electrons. The smallest absolute Gasteiger partial charge is 0.196 e. The van der Waals surface area contributed by atoms with E-state index in [4.69, 9.17) is 23.4 Å². The summed E-state index contributed by atoms with van der Waals surface area (Å²) in [5.74, 6) is 1.32. The minimum Gasteiger partial charge on any atom is -0.495 e. The first kappa shape index (κ1) is 23.0. The molecule has 4 rings (SSSR count). The second-order valence-corrected chi connectivity index (χ2v) is 8.71. The summed E-state index contributed by atoms with van der Waals surface area (Å²) in [6.07, 6.45) is -7.17. The lowest BCUT2D eigenvalue weighted by Gasteiger charge is -2.43. The van der Waals surface area contributed by atoms with E-state index in [1.807, 2.05) is 0 Å². The van der Waals surface area contributed by atoms with Gasteiger partial charge in [0.15, 0.2) is 11.7 Å². The van der Waals surface area contributed by atoms with Gasteiger partial charge in [-0.2, -0.15) is 0 Å². The summed E-state index contributed by atoms with van der Waals surface area (Å²) >= 11 is 0. The molecule has 176 valence electrons. The van der Waals surface area contributed by atoms with Crippen LogP contribution in [-0.2, 0) is 15.9 Å². The Hall–Kier alpha value is -2.21. The molecule has 0 saturated carbocycles. The minimum absolute atomic E-state index is 0.219. The molecule has 2 aromatic rings. The zero-order chi connectivity index (χ0) is 23.4. The average Bonchev–Trinajstić information content (AvgIpc) is 3.17. The molecule has 0 unspecified atom stereocenters. The molecule has 1 saturated heterocycles. The SMILES string of the molecule is COc1c2c(cc3oc(C)cc(=O)c13)O[C@H](C(C)(C)O[C@@H]1O[C@H](CO)[C@@H](O)[C@H](O)[C@H]1O)C2. The highest BCUT2D eigenvalue weighted by molar-refractivity contribution is 5.87. The van der Waals surface area contributed by atoms with Crippen LogP contribution in [0.3, 0.4) is 0 Å². The van der Waals surface area contributed by atoms with Gasteiger partial charge in [0, 0.05) is 24.1 Å². The van der Waals surface area contributed by atoms with Crippen LogP contribution in [0.5, 0.6) is 11.5 Å². The number of ether oxygens (including phenoxy) is 4. The summed E-state index contributed by atoms with van der Waals surface area (Å²) in [4.78, 5) is 12.6. The van der Waals surface area contributed by atoms with E-state index in [-0.39, 0.29) is 5.43 Å². The van der Waals surface area contributed by atoms with Crippen LogP contribution < -0.4 is 14.9 Å². The first-order chi connectivity index (χ1) is 15.1. The van der Waals surface area contributed by atoms with Gasteiger partial charge >= 0.3 is 0 Å². The van der Waals surface area contributed by atoms with E-state index in [0.717, 1.165) is 0 Å². The summed E-state index contributed by atoms with van der Waals surface area (Å²) in [6.45, 7) is 4.58. The van der Waals surface area contributed by atoms with Crippen LogP contribution in [0.2, 0.25) is 0 Å². The number of hydrogen-bond acceptors (Lipinski definition) is 10. The maximum atomic E-state index is 12.6. The standard InChI is InChI=1S/C22H28O10/c1-9-5-11(24)16-13(29-9)7-12-10(20(16)28-4)6-15(30-12)22(2,3)32-21-19(27)18(26)17(25)14(8-23)31-21/h5,7,14-15,17-19,21,23,25-27H,6,8H2,1-4H3/t14-,15+,17-,18+,19-,21+/m1/s1. The van der Waals surface area contributed by atoms with E-state index in [0.29, 0.717) is 40.2 Å². The zero-order valence-corrected chi connectivity index (χ0v) is 18.3. The van der Waals surface area contributed by atoms with Gasteiger partial charge in [-0.1, -0.05) is 0 Å². The molecule has 0 amide bonds. The van der Waals surface area contributed by atoms with Gasteiger partial charge in [0.25, 0.3) is 0 Å². The number of fused-ring (bicyclic) bond motifs is 2.